The molecule has 2 heterocycles. The van der Waals surface area contributed by atoms with E-state index < -0.39 is 11.7 Å². The van der Waals surface area contributed by atoms with Gasteiger partial charge in [-0.3, -0.25) is 9.78 Å². The van der Waals surface area contributed by atoms with Gasteiger partial charge in [0.25, 0.3) is 5.91 Å². The van der Waals surface area contributed by atoms with Crippen molar-refractivity contribution in [2.45, 2.75) is 5.79 Å². The van der Waals surface area contributed by atoms with Crippen molar-refractivity contribution in [1.82, 2.24) is 14.7 Å². The molecule has 1 aliphatic heterocycles. The van der Waals surface area contributed by atoms with E-state index in [4.69, 9.17) is 17.5 Å². The van der Waals surface area contributed by atoms with E-state index >= 15 is 0 Å². The first-order chi connectivity index (χ1) is 12.7. The maximum atomic E-state index is 13.0. The highest BCUT2D eigenvalue weighted by Gasteiger charge is 2.46. The van der Waals surface area contributed by atoms with Gasteiger partial charge in [0, 0.05) is 54.7 Å². The maximum absolute atomic E-state index is 13.0. The molecule has 9 heteroatoms. The predicted octanol–water partition coefficient (Wildman–Crippen LogP) is 2.23. The van der Waals surface area contributed by atoms with Crippen LogP contribution in [0.4, 0.5) is 5.69 Å². The summed E-state index contributed by atoms with van der Waals surface area (Å²) in [7, 11) is 0. The van der Waals surface area contributed by atoms with Crippen molar-refractivity contribution in [2.24, 2.45) is 10.7 Å². The number of nitrogens with zero attached hydrogens (tertiary/aromatic N) is 3. The van der Waals surface area contributed by atoms with Gasteiger partial charge in [0.2, 0.25) is 0 Å². The largest absolute Gasteiger partial charge is 0.349 e. The molecular formula is C18H20Cl2N6O. The molecule has 4 N–H and O–H groups in total. The second-order valence-corrected chi connectivity index (χ2v) is 5.89. The lowest BCUT2D eigenvalue weighted by Crippen LogP contribution is -2.60. The number of aliphatic imine (C=N–C) groups is 1. The number of allylic oxidation sites excluding steroid dienone is 1. The summed E-state index contributed by atoms with van der Waals surface area (Å²) in [5, 5.41) is 5.90. The summed E-state index contributed by atoms with van der Waals surface area (Å²) in [5.41, 5.74) is 7.65. The summed E-state index contributed by atoms with van der Waals surface area (Å²) in [5.74, 6) is -1.96. The van der Waals surface area contributed by atoms with Crippen LogP contribution in [0.5, 0.6) is 0 Å². The number of para-hydroxylation sites is 1. The van der Waals surface area contributed by atoms with E-state index in [-0.39, 0.29) is 12.4 Å². The molecule has 142 valence electrons. The van der Waals surface area contributed by atoms with Crippen molar-refractivity contribution in [2.75, 3.05) is 18.4 Å². The Bertz CT molecular complexity index is 815. The average molecular weight is 407 g/mol. The van der Waals surface area contributed by atoms with Gasteiger partial charge in [0.05, 0.1) is 5.70 Å². The van der Waals surface area contributed by atoms with Crippen LogP contribution in [0.15, 0.2) is 65.9 Å². The van der Waals surface area contributed by atoms with Crippen molar-refractivity contribution in [1.29, 1.82) is 0 Å². The van der Waals surface area contributed by atoms with Crippen LogP contribution in [0.25, 0.3) is 5.70 Å². The van der Waals surface area contributed by atoms with Crippen molar-refractivity contribution < 1.29 is 4.79 Å². The molecule has 3 rings (SSSR count). The lowest BCUT2D eigenvalue weighted by atomic mass is 10.1. The number of pyridine rings is 1. The number of halogens is 2. The number of rotatable bonds is 6. The smallest absolute Gasteiger partial charge is 0.303 e. The highest BCUT2D eigenvalue weighted by molar-refractivity contribution is 6.21. The second kappa shape index (κ2) is 9.36. The fraction of sp³-hybridized carbons (Fsp3) is 0.167. The zero-order chi connectivity index (χ0) is 18.4. The first-order valence-corrected chi connectivity index (χ1v) is 8.45. The van der Waals surface area contributed by atoms with E-state index in [0.29, 0.717) is 24.5 Å². The molecule has 0 spiro atoms. The predicted molar refractivity (Wildman–Crippen MR) is 111 cm³/mol. The zero-order valence-electron chi connectivity index (χ0n) is 14.4. The average Bonchev–Trinajstić information content (AvgIpc) is 2.69. The van der Waals surface area contributed by atoms with E-state index in [1.807, 2.05) is 42.5 Å². The molecule has 0 radical (unpaired) electrons. The molecule has 1 aliphatic rings. The molecule has 0 saturated carbocycles. The fourth-order valence-electron chi connectivity index (χ4n) is 2.56. The monoisotopic (exact) mass is 406 g/mol. The summed E-state index contributed by atoms with van der Waals surface area (Å²) in [6.45, 7) is 0.623. The number of carbonyl (C=O) groups excluding carboxylic acids is 1. The maximum Gasteiger partial charge on any atom is 0.303 e. The van der Waals surface area contributed by atoms with E-state index in [2.05, 4.69) is 20.6 Å². The third-order valence-electron chi connectivity index (χ3n) is 3.80. The summed E-state index contributed by atoms with van der Waals surface area (Å²) in [6.07, 6.45) is 6.62. The first-order valence-electron chi connectivity index (χ1n) is 8.11. The van der Waals surface area contributed by atoms with Crippen LogP contribution >= 0.6 is 24.2 Å². The minimum Gasteiger partial charge on any atom is -0.349 e. The minimum absolute atomic E-state index is 0. The van der Waals surface area contributed by atoms with Crippen molar-refractivity contribution in [3.63, 3.8) is 0 Å². The van der Waals surface area contributed by atoms with Gasteiger partial charge in [-0.2, -0.15) is 0 Å². The Balaban J connectivity index is 0.00000261. The Morgan fingerprint density at radius 2 is 1.89 bits per heavy atom. The van der Waals surface area contributed by atoms with Gasteiger partial charge in [0.15, 0.2) is 0 Å². The molecule has 1 aromatic heterocycles. The lowest BCUT2D eigenvalue weighted by molar-refractivity contribution is -0.127. The van der Waals surface area contributed by atoms with Crippen LogP contribution in [0.2, 0.25) is 0 Å². The van der Waals surface area contributed by atoms with Gasteiger partial charge >= 0.3 is 5.79 Å². The van der Waals surface area contributed by atoms with Crippen molar-refractivity contribution in [3.8, 4) is 0 Å². The van der Waals surface area contributed by atoms with Gasteiger partial charge in [-0.15, -0.1) is 12.4 Å². The van der Waals surface area contributed by atoms with Gasteiger partial charge in [0.1, 0.15) is 0 Å². The van der Waals surface area contributed by atoms with E-state index in [9.17, 15) is 4.79 Å². The minimum atomic E-state index is -1.55. The van der Waals surface area contributed by atoms with E-state index in [1.54, 1.807) is 24.7 Å². The lowest BCUT2D eigenvalue weighted by Gasteiger charge is -2.39. The highest BCUT2D eigenvalue weighted by atomic mass is 35.5. The molecule has 0 bridgehead atoms. The van der Waals surface area contributed by atoms with Gasteiger partial charge in [-0.25, -0.2) is 9.41 Å². The summed E-state index contributed by atoms with van der Waals surface area (Å²) in [6, 6.07) is 12.9. The van der Waals surface area contributed by atoms with Crippen LogP contribution in [0.1, 0.15) is 5.56 Å². The van der Waals surface area contributed by atoms with Crippen LogP contribution in [-0.4, -0.2) is 40.4 Å². The second-order valence-electron chi connectivity index (χ2n) is 5.55. The SMILES string of the molecule is Cl.NCCNC(=O)C1(Nc2ccccc2)N=CC=C(c2ccncc2)N1Cl. The van der Waals surface area contributed by atoms with Crippen LogP contribution < -0.4 is 16.4 Å². The highest BCUT2D eigenvalue weighted by Crippen LogP contribution is 2.34. The zero-order valence-corrected chi connectivity index (χ0v) is 16.0. The Morgan fingerprint density at radius 1 is 1.19 bits per heavy atom. The number of anilines is 1. The Morgan fingerprint density at radius 3 is 2.56 bits per heavy atom. The van der Waals surface area contributed by atoms with Crippen LogP contribution in [0, 0.1) is 0 Å². The molecule has 0 fully saturated rings. The summed E-state index contributed by atoms with van der Waals surface area (Å²) < 4.78 is 1.29. The van der Waals surface area contributed by atoms with Gasteiger partial charge in [-0.05, 0) is 30.3 Å². The standard InChI is InChI=1S/C18H19ClN6O.ClH/c19-25-16(14-6-10-21-11-7-14)8-12-23-18(25,17(26)22-13-9-20)24-15-4-2-1-3-5-15;/h1-8,10-12,24H,9,13,20H2,(H,22,26);1H. The number of amides is 1. The Labute approximate surface area is 168 Å². The normalized spacial score (nSPS) is 18.3. The van der Waals surface area contributed by atoms with E-state index in [0.717, 1.165) is 5.56 Å². The number of carbonyl (C=O) groups is 1. The molecule has 2 aromatic rings. The molecule has 7 nitrogen and oxygen atoms in total. The van der Waals surface area contributed by atoms with Crippen LogP contribution in [-0.2, 0) is 4.79 Å². The number of nitrogens with one attached hydrogen (secondary N) is 2. The van der Waals surface area contributed by atoms with Crippen molar-refractivity contribution >= 4 is 47.7 Å². The van der Waals surface area contributed by atoms with Gasteiger partial charge in [-0.1, -0.05) is 18.2 Å². The number of aromatic nitrogens is 1. The number of hydrogen-bond acceptors (Lipinski definition) is 6. The number of benzene rings is 1. The molecular weight excluding hydrogens is 387 g/mol. The Hall–Kier alpha value is -2.61. The first kappa shape index (κ1) is 20.7. The molecule has 1 amide bonds. The molecule has 0 saturated heterocycles. The van der Waals surface area contributed by atoms with Crippen molar-refractivity contribution in [3.05, 3.63) is 66.5 Å². The molecule has 0 aliphatic carbocycles. The molecule has 27 heavy (non-hydrogen) atoms. The summed E-state index contributed by atoms with van der Waals surface area (Å²) >= 11 is 6.64. The molecule has 1 unspecified atom stereocenters. The molecule has 1 aromatic carbocycles. The third-order valence-corrected chi connectivity index (χ3v) is 4.23. The molecule has 1 atom stereocenters. The number of nitrogens with two attached hydrogens (primary N) is 1. The Kier molecular flexibility index (Phi) is 7.18. The van der Waals surface area contributed by atoms with Gasteiger partial charge < -0.3 is 16.4 Å². The summed E-state index contributed by atoms with van der Waals surface area (Å²) in [4.78, 5) is 21.4. The quantitative estimate of drug-likeness (QED) is 0.639. The van der Waals surface area contributed by atoms with Crippen LogP contribution in [0.3, 0.4) is 0 Å². The fourth-order valence-corrected chi connectivity index (χ4v) is 2.87. The van der Waals surface area contributed by atoms with E-state index in [1.165, 1.54) is 4.42 Å². The number of hydrogen-bond donors (Lipinski definition) is 3. The topological polar surface area (TPSA) is 95.6 Å². The third kappa shape index (κ3) is 4.39.